The van der Waals surface area contributed by atoms with Gasteiger partial charge in [0.2, 0.25) is 5.91 Å². The molecule has 1 aliphatic heterocycles. The highest BCUT2D eigenvalue weighted by atomic mass is 16.5. The highest BCUT2D eigenvalue weighted by Crippen LogP contribution is 2.15. The Morgan fingerprint density at radius 2 is 2.32 bits per heavy atom. The lowest BCUT2D eigenvalue weighted by Gasteiger charge is -2.22. The number of hydrogen-bond donors (Lipinski definition) is 1. The van der Waals surface area contributed by atoms with Crippen LogP contribution in [0.25, 0.3) is 0 Å². The number of carbonyl (C=O) groups excluding carboxylic acids is 1. The summed E-state index contributed by atoms with van der Waals surface area (Å²) in [7, 11) is 0. The maximum Gasteiger partial charge on any atom is 0.220 e. The van der Waals surface area contributed by atoms with Crippen molar-refractivity contribution in [2.45, 2.75) is 45.6 Å². The van der Waals surface area contributed by atoms with Crippen LogP contribution in [0.3, 0.4) is 0 Å². The van der Waals surface area contributed by atoms with E-state index in [2.05, 4.69) is 17.1 Å². The number of rotatable bonds is 8. The zero-order valence-electron chi connectivity index (χ0n) is 13.8. The largest absolute Gasteiger partial charge is 0.494 e. The Kier molecular flexibility index (Phi) is 6.72. The predicted molar refractivity (Wildman–Crippen MR) is 89.2 cm³/mol. The summed E-state index contributed by atoms with van der Waals surface area (Å²) in [5.74, 6) is 1.01. The Bertz CT molecular complexity index is 476. The lowest BCUT2D eigenvalue weighted by Crippen LogP contribution is -2.40. The van der Waals surface area contributed by atoms with E-state index in [1.54, 1.807) is 0 Å². The van der Waals surface area contributed by atoms with E-state index < -0.39 is 0 Å². The number of ether oxygens (including phenoxy) is 1. The van der Waals surface area contributed by atoms with Crippen molar-refractivity contribution in [3.8, 4) is 5.75 Å². The molecule has 1 heterocycles. The molecule has 1 fully saturated rings. The molecule has 0 radical (unpaired) electrons. The van der Waals surface area contributed by atoms with Gasteiger partial charge in [-0.3, -0.25) is 9.69 Å². The van der Waals surface area contributed by atoms with E-state index in [1.165, 1.54) is 24.9 Å². The monoisotopic (exact) mass is 304 g/mol. The topological polar surface area (TPSA) is 41.6 Å². The molecule has 0 spiro atoms. The van der Waals surface area contributed by atoms with E-state index >= 15 is 0 Å². The van der Waals surface area contributed by atoms with E-state index in [0.29, 0.717) is 19.1 Å². The number of nitrogens with zero attached hydrogens (tertiary/aromatic N) is 1. The molecule has 0 saturated carbocycles. The van der Waals surface area contributed by atoms with Crippen molar-refractivity contribution in [2.24, 2.45) is 0 Å². The molecule has 0 bridgehead atoms. The van der Waals surface area contributed by atoms with Crippen LogP contribution in [0.1, 0.15) is 38.2 Å². The molecule has 1 aromatic rings. The van der Waals surface area contributed by atoms with Crippen molar-refractivity contribution >= 4 is 5.91 Å². The Morgan fingerprint density at radius 1 is 1.45 bits per heavy atom. The average Bonchev–Trinajstić information content (AvgIpc) is 2.97. The number of carbonyl (C=O) groups is 1. The molecule has 1 amide bonds. The van der Waals surface area contributed by atoms with Gasteiger partial charge < -0.3 is 10.1 Å². The zero-order chi connectivity index (χ0) is 15.8. The summed E-state index contributed by atoms with van der Waals surface area (Å²) in [6.45, 7) is 7.84. The second kappa shape index (κ2) is 8.79. The normalized spacial score (nSPS) is 18.4. The van der Waals surface area contributed by atoms with Gasteiger partial charge in [-0.05, 0) is 57.0 Å². The van der Waals surface area contributed by atoms with Crippen LogP contribution in [-0.4, -0.2) is 43.1 Å². The van der Waals surface area contributed by atoms with Gasteiger partial charge in [0, 0.05) is 19.0 Å². The maximum absolute atomic E-state index is 11.9. The molecule has 1 N–H and O–H groups in total. The minimum absolute atomic E-state index is 0.135. The lowest BCUT2D eigenvalue weighted by molar-refractivity contribution is -0.121. The van der Waals surface area contributed by atoms with E-state index in [9.17, 15) is 4.79 Å². The smallest absolute Gasteiger partial charge is 0.220 e. The first-order valence-electron chi connectivity index (χ1n) is 8.39. The van der Waals surface area contributed by atoms with Crippen molar-refractivity contribution in [2.75, 3.05) is 26.2 Å². The highest BCUT2D eigenvalue weighted by molar-refractivity contribution is 5.75. The third-order valence-corrected chi connectivity index (χ3v) is 4.25. The first-order valence-corrected chi connectivity index (χ1v) is 8.39. The molecule has 0 aliphatic carbocycles. The maximum atomic E-state index is 11.9. The number of benzene rings is 1. The summed E-state index contributed by atoms with van der Waals surface area (Å²) in [6.07, 6.45) is 3.73. The van der Waals surface area contributed by atoms with Crippen LogP contribution in [0.15, 0.2) is 24.3 Å². The van der Waals surface area contributed by atoms with Gasteiger partial charge in [-0.15, -0.1) is 0 Å². The molecule has 2 rings (SSSR count). The fourth-order valence-corrected chi connectivity index (χ4v) is 2.99. The van der Waals surface area contributed by atoms with Gasteiger partial charge in [0.25, 0.3) is 0 Å². The third kappa shape index (κ3) is 5.34. The van der Waals surface area contributed by atoms with Gasteiger partial charge in [-0.1, -0.05) is 19.1 Å². The van der Waals surface area contributed by atoms with Crippen LogP contribution in [0.2, 0.25) is 0 Å². The number of nitrogens with one attached hydrogen (secondary N) is 1. The fourth-order valence-electron chi connectivity index (χ4n) is 2.99. The Hall–Kier alpha value is -1.55. The molecule has 122 valence electrons. The van der Waals surface area contributed by atoms with Crippen LogP contribution in [0, 0.1) is 6.92 Å². The average molecular weight is 304 g/mol. The second-order valence-corrected chi connectivity index (χ2v) is 6.00. The van der Waals surface area contributed by atoms with Crippen LogP contribution < -0.4 is 10.1 Å². The summed E-state index contributed by atoms with van der Waals surface area (Å²) in [6, 6.07) is 8.52. The third-order valence-electron chi connectivity index (χ3n) is 4.25. The van der Waals surface area contributed by atoms with Crippen LogP contribution in [0.4, 0.5) is 0 Å². The Labute approximate surface area is 133 Å². The summed E-state index contributed by atoms with van der Waals surface area (Å²) in [5.41, 5.74) is 1.19. The molecule has 4 heteroatoms. The summed E-state index contributed by atoms with van der Waals surface area (Å²) < 4.78 is 5.66. The van der Waals surface area contributed by atoms with E-state index in [1.807, 2.05) is 31.2 Å². The van der Waals surface area contributed by atoms with Crippen LogP contribution in [-0.2, 0) is 4.79 Å². The van der Waals surface area contributed by atoms with Crippen molar-refractivity contribution in [3.05, 3.63) is 29.8 Å². The van der Waals surface area contributed by atoms with E-state index in [-0.39, 0.29) is 5.91 Å². The minimum atomic E-state index is 0.135. The van der Waals surface area contributed by atoms with Crippen molar-refractivity contribution in [1.82, 2.24) is 10.2 Å². The SMILES string of the molecule is CCN1CCCC1CNC(=O)CCCOc1cccc(C)c1. The molecule has 4 nitrogen and oxygen atoms in total. The molecule has 1 atom stereocenters. The number of likely N-dealkylation sites (N-methyl/N-ethyl adjacent to an activating group) is 1. The van der Waals surface area contributed by atoms with Crippen molar-refractivity contribution < 1.29 is 9.53 Å². The van der Waals surface area contributed by atoms with E-state index in [0.717, 1.165) is 25.3 Å². The summed E-state index contributed by atoms with van der Waals surface area (Å²) in [4.78, 5) is 14.3. The van der Waals surface area contributed by atoms with Gasteiger partial charge in [-0.2, -0.15) is 0 Å². The molecular weight excluding hydrogens is 276 g/mol. The first-order chi connectivity index (χ1) is 10.7. The Morgan fingerprint density at radius 3 is 3.09 bits per heavy atom. The number of amides is 1. The zero-order valence-corrected chi connectivity index (χ0v) is 13.8. The highest BCUT2D eigenvalue weighted by Gasteiger charge is 2.22. The minimum Gasteiger partial charge on any atom is -0.494 e. The fraction of sp³-hybridized carbons (Fsp3) is 0.611. The van der Waals surface area contributed by atoms with Crippen molar-refractivity contribution in [3.63, 3.8) is 0 Å². The van der Waals surface area contributed by atoms with Gasteiger partial charge in [-0.25, -0.2) is 0 Å². The first kappa shape index (κ1) is 16.8. The second-order valence-electron chi connectivity index (χ2n) is 6.00. The van der Waals surface area contributed by atoms with Crippen LogP contribution >= 0.6 is 0 Å². The van der Waals surface area contributed by atoms with Gasteiger partial charge >= 0.3 is 0 Å². The Balaban J connectivity index is 1.58. The molecule has 1 saturated heterocycles. The quantitative estimate of drug-likeness (QED) is 0.751. The number of likely N-dealkylation sites (tertiary alicyclic amines) is 1. The molecule has 22 heavy (non-hydrogen) atoms. The van der Waals surface area contributed by atoms with Gasteiger partial charge in [0.15, 0.2) is 0 Å². The standard InChI is InChI=1S/C18H28N2O2/c1-3-20-11-5-8-16(20)14-19-18(21)10-6-12-22-17-9-4-7-15(2)13-17/h4,7,9,13,16H,3,5-6,8,10-12,14H2,1-2H3,(H,19,21). The predicted octanol–water partition coefficient (Wildman–Crippen LogP) is 2.75. The van der Waals surface area contributed by atoms with Gasteiger partial charge in [0.05, 0.1) is 6.61 Å². The molecule has 1 unspecified atom stereocenters. The molecule has 1 aromatic carbocycles. The van der Waals surface area contributed by atoms with Gasteiger partial charge in [0.1, 0.15) is 5.75 Å². The summed E-state index contributed by atoms with van der Waals surface area (Å²) >= 11 is 0. The number of aryl methyl sites for hydroxylation is 1. The van der Waals surface area contributed by atoms with Crippen molar-refractivity contribution in [1.29, 1.82) is 0 Å². The molecule has 0 aromatic heterocycles. The number of hydrogen-bond acceptors (Lipinski definition) is 3. The van der Waals surface area contributed by atoms with E-state index in [4.69, 9.17) is 4.74 Å². The molecule has 1 aliphatic rings. The summed E-state index contributed by atoms with van der Waals surface area (Å²) in [5, 5.41) is 3.06. The lowest BCUT2D eigenvalue weighted by atomic mass is 10.2. The van der Waals surface area contributed by atoms with Crippen LogP contribution in [0.5, 0.6) is 5.75 Å². The molecular formula is C18H28N2O2.